The molecule has 0 saturated carbocycles. The lowest BCUT2D eigenvalue weighted by Gasteiger charge is -2.09. The monoisotopic (exact) mass is 322 g/mol. The number of fused-ring (bicyclic) bond motifs is 1. The standard InChI is InChI=1S/C19H18N2O3/c1-24-17-9-5-4-8-16(17)20-18(22)11-10-14-12-13-6-2-3-7-15(13)21-19(14)23/h2-9,12H,10-11H2,1H3,(H,20,22)(H,21,23). The predicted octanol–water partition coefficient (Wildman–Crippen LogP) is 3.11. The molecule has 122 valence electrons. The van der Waals surface area contributed by atoms with Gasteiger partial charge in [-0.05, 0) is 36.1 Å². The predicted molar refractivity (Wildman–Crippen MR) is 94.5 cm³/mol. The Kier molecular flexibility index (Phi) is 4.61. The number of aromatic nitrogens is 1. The van der Waals surface area contributed by atoms with Crippen molar-refractivity contribution in [1.29, 1.82) is 0 Å². The fraction of sp³-hybridized carbons (Fsp3) is 0.158. The lowest BCUT2D eigenvalue weighted by atomic mass is 10.1. The Morgan fingerprint density at radius 2 is 1.88 bits per heavy atom. The Morgan fingerprint density at radius 1 is 1.12 bits per heavy atom. The van der Waals surface area contributed by atoms with Crippen LogP contribution < -0.4 is 15.6 Å². The number of ether oxygens (including phenoxy) is 1. The SMILES string of the molecule is COc1ccccc1NC(=O)CCc1cc2ccccc2[nH]c1=O. The molecule has 1 amide bonds. The van der Waals surface area contributed by atoms with Crippen molar-refractivity contribution in [3.63, 3.8) is 0 Å². The molecular formula is C19H18N2O3. The highest BCUT2D eigenvalue weighted by molar-refractivity contribution is 5.92. The molecular weight excluding hydrogens is 304 g/mol. The number of carbonyl (C=O) groups excluding carboxylic acids is 1. The van der Waals surface area contributed by atoms with E-state index in [9.17, 15) is 9.59 Å². The number of rotatable bonds is 5. The van der Waals surface area contributed by atoms with Gasteiger partial charge >= 0.3 is 0 Å². The first-order valence-corrected chi connectivity index (χ1v) is 7.71. The van der Waals surface area contributed by atoms with E-state index < -0.39 is 0 Å². The number of H-pyrrole nitrogens is 1. The number of methoxy groups -OCH3 is 1. The number of anilines is 1. The molecule has 24 heavy (non-hydrogen) atoms. The molecule has 3 aromatic rings. The van der Waals surface area contributed by atoms with Crippen LogP contribution in [0.2, 0.25) is 0 Å². The maximum Gasteiger partial charge on any atom is 0.251 e. The normalized spacial score (nSPS) is 10.5. The zero-order valence-corrected chi connectivity index (χ0v) is 13.3. The van der Waals surface area contributed by atoms with Gasteiger partial charge in [0.1, 0.15) is 5.75 Å². The molecule has 0 spiro atoms. The first-order chi connectivity index (χ1) is 11.7. The van der Waals surface area contributed by atoms with Gasteiger partial charge in [-0.1, -0.05) is 30.3 Å². The fourth-order valence-corrected chi connectivity index (χ4v) is 2.59. The van der Waals surface area contributed by atoms with Crippen LogP contribution in [0.15, 0.2) is 59.4 Å². The number of hydrogen-bond acceptors (Lipinski definition) is 3. The van der Waals surface area contributed by atoms with Crippen LogP contribution in [0.4, 0.5) is 5.69 Å². The zero-order valence-electron chi connectivity index (χ0n) is 13.3. The Balaban J connectivity index is 1.70. The number of carbonyl (C=O) groups is 1. The van der Waals surface area contributed by atoms with Crippen molar-refractivity contribution >= 4 is 22.5 Å². The summed E-state index contributed by atoms with van der Waals surface area (Å²) < 4.78 is 5.21. The van der Waals surface area contributed by atoms with Crippen LogP contribution in [0.1, 0.15) is 12.0 Å². The Morgan fingerprint density at radius 3 is 2.71 bits per heavy atom. The van der Waals surface area contributed by atoms with E-state index >= 15 is 0 Å². The second kappa shape index (κ2) is 7.00. The molecule has 5 nitrogen and oxygen atoms in total. The maximum atomic E-state index is 12.1. The molecule has 2 N–H and O–H groups in total. The van der Waals surface area contributed by atoms with Crippen LogP contribution >= 0.6 is 0 Å². The van der Waals surface area contributed by atoms with Crippen LogP contribution in [-0.4, -0.2) is 18.0 Å². The summed E-state index contributed by atoms with van der Waals surface area (Å²) in [5.74, 6) is 0.446. The van der Waals surface area contributed by atoms with E-state index in [0.717, 1.165) is 10.9 Å². The maximum absolute atomic E-state index is 12.1. The molecule has 0 saturated heterocycles. The average molecular weight is 322 g/mol. The minimum atomic E-state index is -0.160. The van der Waals surface area contributed by atoms with Gasteiger partial charge in [0, 0.05) is 17.5 Å². The molecule has 1 aromatic heterocycles. The van der Waals surface area contributed by atoms with Gasteiger partial charge in [-0.3, -0.25) is 9.59 Å². The summed E-state index contributed by atoms with van der Waals surface area (Å²) in [4.78, 5) is 27.1. The number of pyridine rings is 1. The molecule has 0 bridgehead atoms. The third-order valence-corrected chi connectivity index (χ3v) is 3.83. The van der Waals surface area contributed by atoms with Crippen molar-refractivity contribution in [2.45, 2.75) is 12.8 Å². The van der Waals surface area contributed by atoms with Gasteiger partial charge in [0.05, 0.1) is 12.8 Å². The number of hydrogen-bond donors (Lipinski definition) is 2. The molecule has 0 fully saturated rings. The number of nitrogens with one attached hydrogen (secondary N) is 2. The summed E-state index contributed by atoms with van der Waals surface area (Å²) in [6.45, 7) is 0. The van der Waals surface area contributed by atoms with Crippen LogP contribution in [0.5, 0.6) is 5.75 Å². The van der Waals surface area contributed by atoms with E-state index in [1.54, 1.807) is 19.2 Å². The summed E-state index contributed by atoms with van der Waals surface area (Å²) in [5, 5.41) is 3.77. The smallest absolute Gasteiger partial charge is 0.251 e. The lowest BCUT2D eigenvalue weighted by molar-refractivity contribution is -0.116. The number of amides is 1. The van der Waals surface area contributed by atoms with Crippen LogP contribution in [0.25, 0.3) is 10.9 Å². The highest BCUT2D eigenvalue weighted by Crippen LogP contribution is 2.23. The van der Waals surface area contributed by atoms with Crippen molar-refractivity contribution in [3.05, 3.63) is 70.5 Å². The molecule has 0 radical (unpaired) electrons. The molecule has 2 aromatic carbocycles. The summed E-state index contributed by atoms with van der Waals surface area (Å²) in [6.07, 6.45) is 0.598. The topological polar surface area (TPSA) is 71.2 Å². The second-order valence-corrected chi connectivity index (χ2v) is 5.46. The second-order valence-electron chi connectivity index (χ2n) is 5.46. The molecule has 0 atom stereocenters. The van der Waals surface area contributed by atoms with Crippen LogP contribution in [-0.2, 0) is 11.2 Å². The van der Waals surface area contributed by atoms with Crippen molar-refractivity contribution < 1.29 is 9.53 Å². The number of para-hydroxylation sites is 3. The minimum Gasteiger partial charge on any atom is -0.495 e. The molecule has 1 heterocycles. The summed E-state index contributed by atoms with van der Waals surface area (Å²) >= 11 is 0. The largest absolute Gasteiger partial charge is 0.495 e. The third-order valence-electron chi connectivity index (χ3n) is 3.83. The van der Waals surface area contributed by atoms with Crippen molar-refractivity contribution in [2.24, 2.45) is 0 Å². The highest BCUT2D eigenvalue weighted by Gasteiger charge is 2.09. The van der Waals surface area contributed by atoms with Gasteiger partial charge in [0.15, 0.2) is 0 Å². The number of aryl methyl sites for hydroxylation is 1. The van der Waals surface area contributed by atoms with Gasteiger partial charge in [0.2, 0.25) is 5.91 Å². The van der Waals surface area contributed by atoms with Crippen LogP contribution in [0, 0.1) is 0 Å². The first-order valence-electron chi connectivity index (χ1n) is 7.71. The molecule has 0 unspecified atom stereocenters. The van der Waals surface area contributed by atoms with E-state index in [-0.39, 0.29) is 17.9 Å². The molecule has 5 heteroatoms. The van der Waals surface area contributed by atoms with Gasteiger partial charge in [-0.25, -0.2) is 0 Å². The third kappa shape index (κ3) is 3.46. The highest BCUT2D eigenvalue weighted by atomic mass is 16.5. The van der Waals surface area contributed by atoms with Gasteiger partial charge in [-0.2, -0.15) is 0 Å². The van der Waals surface area contributed by atoms with Crippen molar-refractivity contribution in [3.8, 4) is 5.75 Å². The summed E-state index contributed by atoms with van der Waals surface area (Å²) in [5.41, 5.74) is 1.87. The summed E-state index contributed by atoms with van der Waals surface area (Å²) in [6, 6.07) is 16.6. The molecule has 0 aliphatic rings. The van der Waals surface area contributed by atoms with Gasteiger partial charge in [-0.15, -0.1) is 0 Å². The van der Waals surface area contributed by atoms with Crippen LogP contribution in [0.3, 0.4) is 0 Å². The number of aromatic amines is 1. The van der Waals surface area contributed by atoms with Gasteiger partial charge in [0.25, 0.3) is 5.56 Å². The van der Waals surface area contributed by atoms with Crippen molar-refractivity contribution in [1.82, 2.24) is 4.98 Å². The van der Waals surface area contributed by atoms with E-state index in [1.165, 1.54) is 0 Å². The molecule has 0 aliphatic carbocycles. The average Bonchev–Trinajstić information content (AvgIpc) is 2.60. The van der Waals surface area contributed by atoms with E-state index in [1.807, 2.05) is 42.5 Å². The molecule has 3 rings (SSSR count). The lowest BCUT2D eigenvalue weighted by Crippen LogP contribution is -2.17. The van der Waals surface area contributed by atoms with Crippen molar-refractivity contribution in [2.75, 3.05) is 12.4 Å². The first kappa shape index (κ1) is 15.8. The van der Waals surface area contributed by atoms with E-state index in [4.69, 9.17) is 4.74 Å². The quantitative estimate of drug-likeness (QED) is 0.758. The van der Waals surface area contributed by atoms with E-state index in [2.05, 4.69) is 10.3 Å². The Labute approximate surface area is 139 Å². The summed E-state index contributed by atoms with van der Waals surface area (Å²) in [7, 11) is 1.56. The number of benzene rings is 2. The minimum absolute atomic E-state index is 0.154. The Bertz CT molecular complexity index is 931. The molecule has 0 aliphatic heterocycles. The fourth-order valence-electron chi connectivity index (χ4n) is 2.59. The van der Waals surface area contributed by atoms with Gasteiger partial charge < -0.3 is 15.0 Å². The zero-order chi connectivity index (χ0) is 16.9. The van der Waals surface area contributed by atoms with E-state index in [0.29, 0.717) is 23.4 Å². The Hall–Kier alpha value is -3.08.